The largest absolute Gasteiger partial charge is 0.368 e. The van der Waals surface area contributed by atoms with Crippen molar-refractivity contribution in [3.8, 4) is 0 Å². The number of carbonyl (C=O) groups excluding carboxylic acids is 9. The monoisotopic (exact) mass is 1560 g/mol. The van der Waals surface area contributed by atoms with Crippen LogP contribution in [-0.2, 0) is 43.2 Å². The van der Waals surface area contributed by atoms with Crippen molar-refractivity contribution >= 4 is 53.2 Å². The molecule has 9 rings (SSSR count). The summed E-state index contributed by atoms with van der Waals surface area (Å²) < 4.78 is 76.8. The van der Waals surface area contributed by atoms with Gasteiger partial charge in [0, 0.05) is 6.04 Å². The van der Waals surface area contributed by atoms with Gasteiger partial charge in [0.1, 0.15) is 45.8 Å². The first kappa shape index (κ1) is 85.8. The number of amides is 9. The lowest BCUT2D eigenvalue weighted by atomic mass is 10.0. The van der Waals surface area contributed by atoms with Crippen molar-refractivity contribution in [3.05, 3.63) is 322 Å². The summed E-state index contributed by atoms with van der Waals surface area (Å²) in [4.78, 5) is 147. The number of hydrogen-bond acceptors (Lipinski definition) is 10. The summed E-state index contributed by atoms with van der Waals surface area (Å²) in [6.07, 6.45) is 0. The third kappa shape index (κ3) is 21.5. The van der Waals surface area contributed by atoms with Gasteiger partial charge in [0.25, 0.3) is 0 Å². The normalized spacial score (nSPS) is 13.6. The van der Waals surface area contributed by atoms with Crippen LogP contribution in [0.2, 0.25) is 0 Å². The summed E-state index contributed by atoms with van der Waals surface area (Å²) in [7, 11) is 0. The minimum Gasteiger partial charge on any atom is -0.368 e. The highest BCUT2D eigenvalue weighted by molar-refractivity contribution is 5.95. The summed E-state index contributed by atoms with van der Waals surface area (Å²) in [5, 5.41) is 3.02. The van der Waals surface area contributed by atoms with E-state index < -0.39 is 201 Å². The van der Waals surface area contributed by atoms with Gasteiger partial charge in [-0.1, -0.05) is 243 Å². The Kier molecular flexibility index (Phi) is 30.4. The number of nitrogens with one attached hydrogen (secondary N) is 1. The van der Waals surface area contributed by atoms with Gasteiger partial charge >= 0.3 is 0 Å². The first-order chi connectivity index (χ1) is 54.6. The molecule has 0 heterocycles. The molecule has 9 aromatic rings. The Labute approximate surface area is 662 Å². The third-order valence-corrected chi connectivity index (χ3v) is 21.3. The molecule has 9 atom stereocenters. The third-order valence-electron chi connectivity index (χ3n) is 21.3. The van der Waals surface area contributed by atoms with Crippen LogP contribution < -0.4 is 11.1 Å². The lowest BCUT2D eigenvalue weighted by Crippen LogP contribution is -2.53. The molecule has 0 aliphatic rings. The SMILES string of the molecule is C[C@H](NCC(=O)N(CC(=O)N(CC(=O)N(CC(=O)N(CC(=O)N(CC(=O)N(CC(=O)N(CC(=O)N(CC(N)=O)[C@@H](C)c1ccccc1)[C@@H](C)c1ccccc1)[C@@H](C)c1ccccc1)[C@@H](C)c1ccccc1)[C@@H](C)c1ccccc1)[C@@H](C)c1ccccc1)[C@@H](C)c1ccccc1)[C@@H](C)c1c(F)c(F)c(F)c(F)c1F)c1ccccc1. The van der Waals surface area contributed by atoms with Gasteiger partial charge in [-0.2, -0.15) is 0 Å². The Balaban J connectivity index is 1.08. The molecule has 0 bridgehead atoms. The van der Waals surface area contributed by atoms with Gasteiger partial charge in [-0.3, -0.25) is 43.2 Å². The molecular weight excluding hydrogens is 1460 g/mol. The number of nitrogens with two attached hydrogens (primary N) is 1. The number of benzene rings is 9. The summed E-state index contributed by atoms with van der Waals surface area (Å²) in [5.74, 6) is -18.6. The van der Waals surface area contributed by atoms with Crippen LogP contribution in [-0.4, -0.2) is 151 Å². The van der Waals surface area contributed by atoms with Crippen LogP contribution in [0.3, 0.4) is 0 Å². The maximum Gasteiger partial charge on any atom is 0.243 e. The van der Waals surface area contributed by atoms with E-state index in [1.54, 1.807) is 292 Å². The van der Waals surface area contributed by atoms with E-state index in [0.29, 0.717) is 43.8 Å². The summed E-state index contributed by atoms with van der Waals surface area (Å²) in [6.45, 7) is 8.27. The van der Waals surface area contributed by atoms with Gasteiger partial charge in [-0.25, -0.2) is 22.0 Å². The van der Waals surface area contributed by atoms with Crippen LogP contribution >= 0.6 is 0 Å². The Morgan fingerprint density at radius 1 is 0.246 bits per heavy atom. The number of primary amides is 1. The van der Waals surface area contributed by atoms with Crippen LogP contribution in [0.15, 0.2) is 243 Å². The first-order valence-corrected chi connectivity index (χ1v) is 37.9. The number of hydrogen-bond donors (Lipinski definition) is 2. The van der Waals surface area contributed by atoms with Crippen molar-refractivity contribution < 1.29 is 65.1 Å². The lowest BCUT2D eigenvalue weighted by Gasteiger charge is -2.39. The highest BCUT2D eigenvalue weighted by atomic mass is 19.2. The zero-order valence-electron chi connectivity index (χ0n) is 65.4. The molecule has 596 valence electrons. The van der Waals surface area contributed by atoms with Crippen LogP contribution in [0.5, 0.6) is 0 Å². The molecule has 0 aliphatic carbocycles. The molecule has 24 heteroatoms. The molecule has 3 N–H and O–H groups in total. The van der Waals surface area contributed by atoms with Crippen LogP contribution in [0.4, 0.5) is 22.0 Å². The molecule has 0 saturated heterocycles. The lowest BCUT2D eigenvalue weighted by molar-refractivity contribution is -0.152. The highest BCUT2D eigenvalue weighted by Crippen LogP contribution is 2.35. The second kappa shape index (κ2) is 40.3. The number of rotatable bonds is 36. The molecule has 0 saturated carbocycles. The maximum absolute atomic E-state index is 16.1. The summed E-state index contributed by atoms with van der Waals surface area (Å²) in [6, 6.07) is 61.7. The molecule has 9 aromatic carbocycles. The van der Waals surface area contributed by atoms with Crippen LogP contribution in [0.1, 0.15) is 167 Å². The predicted molar refractivity (Wildman–Crippen MR) is 424 cm³/mol. The van der Waals surface area contributed by atoms with Gasteiger partial charge in [0.2, 0.25) is 59.0 Å². The van der Waals surface area contributed by atoms with Crippen molar-refractivity contribution in [3.63, 3.8) is 0 Å². The second-order valence-corrected chi connectivity index (χ2v) is 28.4. The van der Waals surface area contributed by atoms with E-state index in [0.717, 1.165) is 17.4 Å². The van der Waals surface area contributed by atoms with Gasteiger partial charge in [-0.05, 0) is 107 Å². The van der Waals surface area contributed by atoms with Gasteiger partial charge < -0.3 is 50.2 Å². The van der Waals surface area contributed by atoms with E-state index in [4.69, 9.17) is 5.73 Å². The number of carbonyl (C=O) groups is 9. The first-order valence-electron chi connectivity index (χ1n) is 37.9. The van der Waals surface area contributed by atoms with Crippen LogP contribution in [0.25, 0.3) is 0 Å². The van der Waals surface area contributed by atoms with Gasteiger partial charge in [0.05, 0.1) is 67.0 Å². The van der Waals surface area contributed by atoms with Crippen molar-refractivity contribution in [2.24, 2.45) is 5.73 Å². The van der Waals surface area contributed by atoms with Crippen molar-refractivity contribution in [2.45, 2.75) is 117 Å². The molecule has 0 aliphatic heterocycles. The minimum atomic E-state index is -2.44. The summed E-state index contributed by atoms with van der Waals surface area (Å²) >= 11 is 0. The molecule has 114 heavy (non-hydrogen) atoms. The number of nitrogens with zero attached hydrogens (tertiary/aromatic N) is 8. The standard InChI is InChI=1S/C90H97F5N10O9/c1-59(68-34-18-10-19-35-68)97-50-77(107)105(67(9)85-86(91)88(93)90(95)89(94)87(85)92)58-84(114)104(66(8)75-48-32-17-33-49-75)57-83(113)103(65(7)74-46-30-16-31-47-74)56-82(112)102(64(6)73-44-28-15-29-45-73)55-81(111)101(63(5)72-42-26-14-27-43-72)54-80(110)100(62(4)71-40-24-13-25-41-71)53-79(109)99(61(3)70-38-22-12-23-39-70)52-78(108)98(51-76(96)106)60(2)69-36-20-11-21-37-69/h10-49,59-67,97H,50-58H2,1-9H3,(H2,96,106)/t59-,60-,61-,62-,63-,64-,65-,66-,67-/m0/s1. The smallest absolute Gasteiger partial charge is 0.243 e. The quantitative estimate of drug-likeness (QED) is 0.0215. The van der Waals surface area contributed by atoms with E-state index in [1.165, 1.54) is 29.4 Å². The average molecular weight is 1560 g/mol. The Morgan fingerprint density at radius 3 is 0.605 bits per heavy atom. The molecule has 0 aromatic heterocycles. The van der Waals surface area contributed by atoms with Gasteiger partial charge in [-0.15, -0.1) is 0 Å². The van der Waals surface area contributed by atoms with Crippen molar-refractivity contribution in [2.75, 3.05) is 58.9 Å². The molecule has 0 fully saturated rings. The van der Waals surface area contributed by atoms with E-state index in [9.17, 15) is 18.8 Å². The predicted octanol–water partition coefficient (Wildman–Crippen LogP) is 14.2. The Bertz CT molecular complexity index is 4720. The number of halogens is 5. The van der Waals surface area contributed by atoms with Crippen molar-refractivity contribution in [1.82, 2.24) is 44.5 Å². The van der Waals surface area contributed by atoms with E-state index >= 15 is 46.3 Å². The Morgan fingerprint density at radius 2 is 0.412 bits per heavy atom. The highest BCUT2D eigenvalue weighted by Gasteiger charge is 2.41. The molecular formula is C90H97F5N10O9. The molecule has 9 amide bonds. The fourth-order valence-electron chi connectivity index (χ4n) is 14.1. The average Bonchev–Trinajstić information content (AvgIpc) is 0.776. The molecule has 0 spiro atoms. The topological polar surface area (TPSA) is 218 Å². The van der Waals surface area contributed by atoms with E-state index in [-0.39, 0.29) is 0 Å². The zero-order chi connectivity index (χ0) is 82.4. The maximum atomic E-state index is 16.1. The molecule has 0 unspecified atom stereocenters. The molecule has 19 nitrogen and oxygen atoms in total. The van der Waals surface area contributed by atoms with E-state index in [1.807, 2.05) is 6.07 Å². The fraction of sp³-hybridized carbons (Fsp3) is 0.300. The Hall–Kier alpha value is -12.2. The second-order valence-electron chi connectivity index (χ2n) is 28.4. The minimum absolute atomic E-state index is 0.463. The zero-order valence-corrected chi connectivity index (χ0v) is 65.4. The summed E-state index contributed by atoms with van der Waals surface area (Å²) in [5.41, 5.74) is 9.22. The van der Waals surface area contributed by atoms with Crippen LogP contribution in [0, 0.1) is 29.1 Å². The van der Waals surface area contributed by atoms with Crippen molar-refractivity contribution in [1.29, 1.82) is 0 Å². The van der Waals surface area contributed by atoms with Gasteiger partial charge in [0.15, 0.2) is 23.3 Å². The molecule has 0 radical (unpaired) electrons. The van der Waals surface area contributed by atoms with E-state index in [2.05, 4.69) is 5.32 Å². The fourth-order valence-corrected chi connectivity index (χ4v) is 14.1.